The van der Waals surface area contributed by atoms with Crippen molar-refractivity contribution >= 4 is 34.2 Å². The van der Waals surface area contributed by atoms with Crippen molar-refractivity contribution in [3.05, 3.63) is 107 Å². The van der Waals surface area contributed by atoms with E-state index in [1.54, 1.807) is 0 Å². The third kappa shape index (κ3) is 4.93. The maximum absolute atomic E-state index is 6.02. The van der Waals surface area contributed by atoms with Crippen LogP contribution in [-0.2, 0) is 4.74 Å². The molecule has 0 aliphatic carbocycles. The number of benzene rings is 3. The van der Waals surface area contributed by atoms with E-state index in [4.69, 9.17) is 9.84 Å². The number of aromatic nitrogens is 6. The fourth-order valence-corrected chi connectivity index (χ4v) is 5.21. The number of hydrogen-bond donors (Lipinski definition) is 1. The Bertz CT molecular complexity index is 1560. The molecule has 38 heavy (non-hydrogen) atoms. The first-order chi connectivity index (χ1) is 18.8. The zero-order valence-corrected chi connectivity index (χ0v) is 21.4. The molecule has 6 rings (SSSR count). The van der Waals surface area contributed by atoms with Crippen LogP contribution in [0.3, 0.4) is 0 Å². The van der Waals surface area contributed by atoms with Crippen molar-refractivity contribution in [2.75, 3.05) is 6.61 Å². The highest BCUT2D eigenvalue weighted by Gasteiger charge is 2.20. The van der Waals surface area contributed by atoms with Crippen LogP contribution in [0.1, 0.15) is 66.9 Å². The number of ether oxygens (including phenoxy) is 1. The lowest BCUT2D eigenvalue weighted by Gasteiger charge is -2.23. The maximum atomic E-state index is 6.02. The summed E-state index contributed by atoms with van der Waals surface area (Å²) in [5, 5.41) is 19.9. The molecule has 1 aliphatic rings. The molecule has 7 nitrogen and oxygen atoms in total. The van der Waals surface area contributed by atoms with Crippen molar-refractivity contribution < 1.29 is 4.74 Å². The molecule has 1 atom stereocenters. The predicted octanol–water partition coefficient (Wildman–Crippen LogP) is 6.79. The number of hydrogen-bond acceptors (Lipinski definition) is 5. The van der Waals surface area contributed by atoms with E-state index in [1.165, 1.54) is 34.3 Å². The van der Waals surface area contributed by atoms with Gasteiger partial charge in [0, 0.05) is 12.0 Å². The lowest BCUT2D eigenvalue weighted by atomic mass is 9.87. The average molecular weight is 503 g/mol. The Morgan fingerprint density at radius 1 is 0.974 bits per heavy atom. The Hall–Kier alpha value is -4.36. The minimum Gasteiger partial charge on any atom is -0.356 e. The molecule has 2 aromatic heterocycles. The van der Waals surface area contributed by atoms with E-state index in [0.717, 1.165) is 42.3 Å². The minimum atomic E-state index is 0.0192. The lowest BCUT2D eigenvalue weighted by molar-refractivity contribution is -0.0366. The molecule has 0 amide bonds. The van der Waals surface area contributed by atoms with Gasteiger partial charge in [0.25, 0.3) is 0 Å². The molecular weight excluding hydrogens is 472 g/mol. The van der Waals surface area contributed by atoms with Crippen LogP contribution in [0.15, 0.2) is 79.0 Å². The van der Waals surface area contributed by atoms with Crippen molar-refractivity contribution in [1.82, 2.24) is 30.4 Å². The normalized spacial score (nSPS) is 16.7. The average Bonchev–Trinajstić information content (AvgIpc) is 3.66. The van der Waals surface area contributed by atoms with Gasteiger partial charge in [0.2, 0.25) is 0 Å². The molecule has 0 spiro atoms. The van der Waals surface area contributed by atoms with Gasteiger partial charge in [-0.05, 0) is 82.5 Å². The second-order valence-corrected chi connectivity index (χ2v) is 9.48. The van der Waals surface area contributed by atoms with Gasteiger partial charge in [-0.25, -0.2) is 4.68 Å². The van der Waals surface area contributed by atoms with Crippen molar-refractivity contribution in [3.63, 3.8) is 0 Å². The molecular formula is C31H30N6O. The molecule has 1 saturated heterocycles. The molecule has 1 unspecified atom stereocenters. The Morgan fingerprint density at radius 2 is 1.82 bits per heavy atom. The fourth-order valence-electron chi connectivity index (χ4n) is 5.21. The number of aromatic amines is 1. The summed E-state index contributed by atoms with van der Waals surface area (Å²) in [6, 6.07) is 26.0. The van der Waals surface area contributed by atoms with E-state index < -0.39 is 0 Å². The standard InChI is InChI=1S/C31H30N6O/c1-2-27(23-8-4-3-5-9-23)31(24-14-11-22(12-15-24)13-18-29-33-35-36-34-29)25-16-17-28-26(20-25)21-32-37(28)30-10-6-7-19-38-30/h3-5,8-9,11-18,20-21,30H,2,6-7,10,19H2,1H3,(H,33,34,35,36)/b18-13+,31-27+. The third-order valence-electron chi connectivity index (χ3n) is 7.08. The molecule has 1 N–H and O–H groups in total. The number of nitrogens with one attached hydrogen (secondary N) is 1. The molecule has 0 bridgehead atoms. The summed E-state index contributed by atoms with van der Waals surface area (Å²) in [6.07, 6.45) is 10.0. The highest BCUT2D eigenvalue weighted by atomic mass is 16.5. The monoisotopic (exact) mass is 502 g/mol. The topological polar surface area (TPSA) is 81.5 Å². The summed E-state index contributed by atoms with van der Waals surface area (Å²) in [5.41, 5.74) is 8.30. The number of rotatable bonds is 7. The highest BCUT2D eigenvalue weighted by molar-refractivity contribution is 6.00. The first kappa shape index (κ1) is 24.0. The zero-order chi connectivity index (χ0) is 25.7. The molecule has 1 fully saturated rings. The van der Waals surface area contributed by atoms with Crippen LogP contribution in [0.5, 0.6) is 0 Å². The molecule has 1 aliphatic heterocycles. The summed E-state index contributed by atoms with van der Waals surface area (Å²) in [5.74, 6) is 0.555. The molecule has 0 saturated carbocycles. The van der Waals surface area contributed by atoms with E-state index in [2.05, 4.69) is 100 Å². The number of allylic oxidation sites excluding steroid dienone is 1. The van der Waals surface area contributed by atoms with Crippen molar-refractivity contribution in [2.24, 2.45) is 0 Å². The number of H-pyrrole nitrogens is 1. The molecule has 5 aromatic rings. The molecule has 7 heteroatoms. The van der Waals surface area contributed by atoms with E-state index >= 15 is 0 Å². The van der Waals surface area contributed by atoms with Crippen LogP contribution in [-0.4, -0.2) is 37.0 Å². The lowest BCUT2D eigenvalue weighted by Crippen LogP contribution is -2.18. The second kappa shape index (κ2) is 10.9. The fraction of sp³-hybridized carbons (Fsp3) is 0.226. The summed E-state index contributed by atoms with van der Waals surface area (Å²) < 4.78 is 8.06. The first-order valence-corrected chi connectivity index (χ1v) is 13.2. The quantitative estimate of drug-likeness (QED) is 0.248. The van der Waals surface area contributed by atoms with Gasteiger partial charge >= 0.3 is 0 Å². The van der Waals surface area contributed by atoms with Gasteiger partial charge in [-0.1, -0.05) is 73.7 Å². The maximum Gasteiger partial charge on any atom is 0.197 e. The largest absolute Gasteiger partial charge is 0.356 e. The Kier molecular flexibility index (Phi) is 6.91. The van der Waals surface area contributed by atoms with Gasteiger partial charge in [-0.15, -0.1) is 10.2 Å². The van der Waals surface area contributed by atoms with Crippen molar-refractivity contribution in [2.45, 2.75) is 38.8 Å². The van der Waals surface area contributed by atoms with Gasteiger partial charge in [0.15, 0.2) is 12.1 Å². The van der Waals surface area contributed by atoms with E-state index in [9.17, 15) is 0 Å². The van der Waals surface area contributed by atoms with E-state index in [0.29, 0.717) is 5.82 Å². The Morgan fingerprint density at radius 3 is 2.55 bits per heavy atom. The SMILES string of the molecule is CC/C(=C(/c1ccc(/C=C/c2nn[nH]n2)cc1)c1ccc2c(cnn2C2CCCCO2)c1)c1ccccc1. The van der Waals surface area contributed by atoms with Crippen LogP contribution in [0, 0.1) is 0 Å². The first-order valence-electron chi connectivity index (χ1n) is 13.2. The summed E-state index contributed by atoms with van der Waals surface area (Å²) in [6.45, 7) is 3.02. The summed E-state index contributed by atoms with van der Waals surface area (Å²) in [7, 11) is 0. The van der Waals surface area contributed by atoms with Crippen LogP contribution >= 0.6 is 0 Å². The van der Waals surface area contributed by atoms with Crippen LogP contribution < -0.4 is 0 Å². The van der Waals surface area contributed by atoms with Crippen LogP contribution in [0.25, 0.3) is 34.2 Å². The van der Waals surface area contributed by atoms with Crippen molar-refractivity contribution in [1.29, 1.82) is 0 Å². The number of nitrogens with zero attached hydrogens (tertiary/aromatic N) is 5. The van der Waals surface area contributed by atoms with E-state index in [-0.39, 0.29) is 6.23 Å². The molecule has 0 radical (unpaired) electrons. The van der Waals surface area contributed by atoms with Gasteiger partial charge in [-0.2, -0.15) is 10.3 Å². The minimum absolute atomic E-state index is 0.0192. The van der Waals surface area contributed by atoms with E-state index in [1.807, 2.05) is 23.0 Å². The third-order valence-corrected chi connectivity index (χ3v) is 7.08. The van der Waals surface area contributed by atoms with Gasteiger partial charge in [0.1, 0.15) is 0 Å². The Balaban J connectivity index is 1.42. The second-order valence-electron chi connectivity index (χ2n) is 9.48. The molecule has 3 heterocycles. The highest BCUT2D eigenvalue weighted by Crippen LogP contribution is 2.36. The van der Waals surface area contributed by atoms with Crippen LogP contribution in [0.2, 0.25) is 0 Å². The predicted molar refractivity (Wildman–Crippen MR) is 151 cm³/mol. The van der Waals surface area contributed by atoms with Crippen LogP contribution in [0.4, 0.5) is 0 Å². The summed E-state index contributed by atoms with van der Waals surface area (Å²) in [4.78, 5) is 0. The van der Waals surface area contributed by atoms with Crippen molar-refractivity contribution in [3.8, 4) is 0 Å². The number of tetrazole rings is 1. The summed E-state index contributed by atoms with van der Waals surface area (Å²) >= 11 is 0. The smallest absolute Gasteiger partial charge is 0.197 e. The van der Waals surface area contributed by atoms with Gasteiger partial charge in [0.05, 0.1) is 11.7 Å². The van der Waals surface area contributed by atoms with Gasteiger partial charge < -0.3 is 4.74 Å². The molecule has 3 aromatic carbocycles. The number of fused-ring (bicyclic) bond motifs is 1. The molecule has 190 valence electrons. The van der Waals surface area contributed by atoms with Gasteiger partial charge in [-0.3, -0.25) is 0 Å². The zero-order valence-electron chi connectivity index (χ0n) is 21.4. The Labute approximate surface area is 221 Å².